The van der Waals surface area contributed by atoms with Gasteiger partial charge < -0.3 is 25.2 Å². The molecule has 0 radical (unpaired) electrons. The summed E-state index contributed by atoms with van der Waals surface area (Å²) in [5.74, 6) is -2.37. The maximum atomic E-state index is 12.4. The van der Waals surface area contributed by atoms with Crippen LogP contribution in [0.1, 0.15) is 245 Å². The molecule has 1 amide bonds. The summed E-state index contributed by atoms with van der Waals surface area (Å²) in [6.45, 7) is 2.61. The molecule has 0 rings (SSSR count). The van der Waals surface area contributed by atoms with Gasteiger partial charge in [-0.15, -0.1) is 0 Å². The number of allylic oxidation sites excluding steroid dienone is 6. The number of carboxylic acid groups (broad SMARTS) is 1. The van der Waals surface area contributed by atoms with Gasteiger partial charge in [-0.2, -0.15) is 0 Å². The third-order valence-corrected chi connectivity index (χ3v) is 12.4. The van der Waals surface area contributed by atoms with Crippen molar-refractivity contribution in [2.75, 3.05) is 19.8 Å². The molecule has 0 fully saturated rings. The lowest BCUT2D eigenvalue weighted by Crippen LogP contribution is -2.43. The van der Waals surface area contributed by atoms with Gasteiger partial charge in [0.05, 0.1) is 13.2 Å². The molecule has 0 saturated carbocycles. The van der Waals surface area contributed by atoms with Gasteiger partial charge in [0.1, 0.15) is 12.7 Å². The number of carbonyl (C=O) groups excluding carboxylic acids is 2. The van der Waals surface area contributed by atoms with E-state index in [9.17, 15) is 34.1 Å². The summed E-state index contributed by atoms with van der Waals surface area (Å²) in [5.41, 5.74) is 0. The molecule has 4 N–H and O–H groups in total. The zero-order valence-electron chi connectivity index (χ0n) is 40.8. The standard InChI is InChI=1S/C52H96NO10P/c1-3-5-7-9-11-13-15-17-19-21-22-23-24-25-26-28-29-31-33-35-37-39-41-43-50(55)53-49(52(57)58)47-63-64(59,60)62-46-48(54)45-61-51(56)44-42-40-38-36-34-32-30-27-20-18-16-14-12-10-8-6-4-2/h11,13,17,19,22-23,48-49,54H,3-10,12,14-16,18,20-21,24-47H2,1-2H3,(H,53,55)(H,57,58)(H,59,60)/b13-11-,19-17-,23-22-. The number of carboxylic acids is 1. The number of phosphoric ester groups is 1. The van der Waals surface area contributed by atoms with Crippen LogP contribution in [0.3, 0.4) is 0 Å². The summed E-state index contributed by atoms with van der Waals surface area (Å²) in [6, 6.07) is -1.55. The Kier molecular flexibility index (Phi) is 45.5. The quantitative estimate of drug-likeness (QED) is 0.0199. The number of nitrogens with one attached hydrogen (secondary N) is 1. The van der Waals surface area contributed by atoms with Gasteiger partial charge >= 0.3 is 19.8 Å². The lowest BCUT2D eigenvalue weighted by atomic mass is 10.0. The normalized spacial score (nSPS) is 13.8. The van der Waals surface area contributed by atoms with E-state index in [0.717, 1.165) is 64.2 Å². The lowest BCUT2D eigenvalue weighted by molar-refractivity contribution is -0.147. The third-order valence-electron chi connectivity index (χ3n) is 11.4. The van der Waals surface area contributed by atoms with Gasteiger partial charge in [0.25, 0.3) is 0 Å². The predicted molar refractivity (Wildman–Crippen MR) is 263 cm³/mol. The minimum atomic E-state index is -4.76. The van der Waals surface area contributed by atoms with Crippen LogP contribution in [0.2, 0.25) is 0 Å². The van der Waals surface area contributed by atoms with Crippen LogP contribution in [-0.4, -0.2) is 64.9 Å². The van der Waals surface area contributed by atoms with Gasteiger partial charge in [-0.1, -0.05) is 217 Å². The Morgan fingerprint density at radius 2 is 0.859 bits per heavy atom. The van der Waals surface area contributed by atoms with E-state index in [1.54, 1.807) is 0 Å². The average Bonchev–Trinajstić information content (AvgIpc) is 3.27. The summed E-state index contributed by atoms with van der Waals surface area (Å²) >= 11 is 0. The second-order valence-electron chi connectivity index (χ2n) is 17.7. The van der Waals surface area contributed by atoms with Gasteiger partial charge in [-0.3, -0.25) is 18.6 Å². The summed E-state index contributed by atoms with van der Waals surface area (Å²) < 4.78 is 27.0. The summed E-state index contributed by atoms with van der Waals surface area (Å²) in [5, 5.41) is 21.9. The molecule has 0 aliphatic rings. The first kappa shape index (κ1) is 61.7. The lowest BCUT2D eigenvalue weighted by Gasteiger charge is -2.18. The van der Waals surface area contributed by atoms with Crippen molar-refractivity contribution >= 4 is 25.7 Å². The topological polar surface area (TPSA) is 169 Å². The van der Waals surface area contributed by atoms with Crippen LogP contribution in [0.25, 0.3) is 0 Å². The molecule has 0 heterocycles. The second kappa shape index (κ2) is 47.2. The van der Waals surface area contributed by atoms with E-state index in [-0.39, 0.29) is 12.8 Å². The molecular weight excluding hydrogens is 830 g/mol. The molecule has 0 bridgehead atoms. The van der Waals surface area contributed by atoms with Gasteiger partial charge in [-0.25, -0.2) is 9.36 Å². The summed E-state index contributed by atoms with van der Waals surface area (Å²) in [7, 11) is -4.76. The average molecular weight is 926 g/mol. The van der Waals surface area contributed by atoms with Gasteiger partial charge in [-0.05, 0) is 51.4 Å². The van der Waals surface area contributed by atoms with E-state index in [2.05, 4.69) is 55.6 Å². The molecule has 64 heavy (non-hydrogen) atoms. The first-order valence-corrected chi connectivity index (χ1v) is 27.5. The van der Waals surface area contributed by atoms with Crippen LogP contribution in [0.4, 0.5) is 0 Å². The maximum absolute atomic E-state index is 12.4. The number of esters is 1. The van der Waals surface area contributed by atoms with Crippen molar-refractivity contribution < 1.29 is 47.8 Å². The van der Waals surface area contributed by atoms with E-state index in [1.165, 1.54) is 141 Å². The van der Waals surface area contributed by atoms with Crippen molar-refractivity contribution in [3.05, 3.63) is 36.5 Å². The fourth-order valence-electron chi connectivity index (χ4n) is 7.38. The highest BCUT2D eigenvalue weighted by molar-refractivity contribution is 7.47. The first-order valence-electron chi connectivity index (χ1n) is 26.0. The number of aliphatic hydroxyl groups excluding tert-OH is 1. The van der Waals surface area contributed by atoms with Crippen LogP contribution < -0.4 is 5.32 Å². The van der Waals surface area contributed by atoms with Crippen LogP contribution >= 0.6 is 7.82 Å². The second-order valence-corrected chi connectivity index (χ2v) is 19.2. The highest BCUT2D eigenvalue weighted by atomic mass is 31.2. The Bertz CT molecular complexity index is 1220. The highest BCUT2D eigenvalue weighted by Crippen LogP contribution is 2.43. The third kappa shape index (κ3) is 46.2. The molecule has 0 aliphatic heterocycles. The Hall–Kier alpha value is -2.30. The number of aliphatic hydroxyl groups is 1. The fourth-order valence-corrected chi connectivity index (χ4v) is 8.16. The zero-order valence-corrected chi connectivity index (χ0v) is 41.7. The molecular formula is C52H96NO10P. The molecule has 12 heteroatoms. The molecule has 374 valence electrons. The van der Waals surface area contributed by atoms with Crippen LogP contribution in [0.15, 0.2) is 36.5 Å². The Morgan fingerprint density at radius 1 is 0.500 bits per heavy atom. The molecule has 0 aromatic carbocycles. The van der Waals surface area contributed by atoms with E-state index >= 15 is 0 Å². The van der Waals surface area contributed by atoms with E-state index in [4.69, 9.17) is 13.8 Å². The van der Waals surface area contributed by atoms with Crippen molar-refractivity contribution in [2.24, 2.45) is 0 Å². The molecule has 0 saturated heterocycles. The van der Waals surface area contributed by atoms with Crippen LogP contribution in [-0.2, 0) is 32.7 Å². The predicted octanol–water partition coefficient (Wildman–Crippen LogP) is 14.3. The summed E-state index contributed by atoms with van der Waals surface area (Å²) in [4.78, 5) is 46.1. The van der Waals surface area contributed by atoms with Gasteiger partial charge in [0.15, 0.2) is 6.04 Å². The van der Waals surface area contributed by atoms with E-state index in [0.29, 0.717) is 12.8 Å². The van der Waals surface area contributed by atoms with Crippen molar-refractivity contribution in [1.29, 1.82) is 0 Å². The number of hydrogen-bond acceptors (Lipinski definition) is 8. The number of unbranched alkanes of at least 4 members (excludes halogenated alkanes) is 29. The number of aliphatic carboxylic acids is 1. The molecule has 11 nitrogen and oxygen atoms in total. The monoisotopic (exact) mass is 926 g/mol. The zero-order chi connectivity index (χ0) is 47.0. The number of hydrogen-bond donors (Lipinski definition) is 4. The number of amides is 1. The van der Waals surface area contributed by atoms with Crippen molar-refractivity contribution in [1.82, 2.24) is 5.32 Å². The van der Waals surface area contributed by atoms with Crippen LogP contribution in [0.5, 0.6) is 0 Å². The molecule has 0 aromatic rings. The first-order chi connectivity index (χ1) is 31.1. The minimum absolute atomic E-state index is 0.142. The largest absolute Gasteiger partial charge is 0.480 e. The van der Waals surface area contributed by atoms with E-state index < -0.39 is 57.6 Å². The fraction of sp³-hybridized carbons (Fsp3) is 0.827. The van der Waals surface area contributed by atoms with Crippen molar-refractivity contribution in [3.63, 3.8) is 0 Å². The smallest absolute Gasteiger partial charge is 0.472 e. The molecule has 3 atom stereocenters. The van der Waals surface area contributed by atoms with Crippen molar-refractivity contribution in [2.45, 2.75) is 257 Å². The minimum Gasteiger partial charge on any atom is -0.480 e. The van der Waals surface area contributed by atoms with Crippen molar-refractivity contribution in [3.8, 4) is 0 Å². The highest BCUT2D eigenvalue weighted by Gasteiger charge is 2.28. The Morgan fingerprint density at radius 3 is 1.31 bits per heavy atom. The Balaban J connectivity index is 3.82. The summed E-state index contributed by atoms with van der Waals surface area (Å²) in [6.07, 6.45) is 53.0. The van der Waals surface area contributed by atoms with Gasteiger partial charge in [0, 0.05) is 12.8 Å². The molecule has 0 spiro atoms. The SMILES string of the molecule is CCCCC/C=C\C/C=C\C/C=C\CCCCCCCCCCCCC(=O)NC(COP(=O)(O)OCC(O)COC(=O)CCCCCCCCCCCCCCCCCCC)C(=O)O. The molecule has 0 aromatic heterocycles. The van der Waals surface area contributed by atoms with Gasteiger partial charge in [0.2, 0.25) is 5.91 Å². The van der Waals surface area contributed by atoms with Crippen LogP contribution in [0, 0.1) is 0 Å². The number of carbonyl (C=O) groups is 3. The number of ether oxygens (including phenoxy) is 1. The number of rotatable bonds is 49. The molecule has 3 unspecified atom stereocenters. The Labute approximate surface area is 391 Å². The molecule has 0 aliphatic carbocycles. The van der Waals surface area contributed by atoms with E-state index in [1.807, 2.05) is 0 Å². The maximum Gasteiger partial charge on any atom is 0.472 e. The number of phosphoric acid groups is 1.